The minimum atomic E-state index is -3.70. The number of thioether (sulfide) groups is 1. The van der Waals surface area contributed by atoms with Gasteiger partial charge in [0, 0.05) is 6.54 Å². The third kappa shape index (κ3) is 4.45. The van der Waals surface area contributed by atoms with Crippen molar-refractivity contribution in [1.29, 1.82) is 0 Å². The second kappa shape index (κ2) is 7.27. The first-order valence-electron chi connectivity index (χ1n) is 6.49. The molecule has 1 aliphatic rings. The summed E-state index contributed by atoms with van der Waals surface area (Å²) in [6, 6.07) is 3.57. The number of rotatable bonds is 4. The van der Waals surface area contributed by atoms with Crippen LogP contribution in [0.2, 0.25) is 0 Å². The van der Waals surface area contributed by atoms with Gasteiger partial charge >= 0.3 is 0 Å². The third-order valence-electron chi connectivity index (χ3n) is 3.14. The monoisotopic (exact) mass is 329 g/mol. The van der Waals surface area contributed by atoms with Crippen LogP contribution in [-0.2, 0) is 10.0 Å². The van der Waals surface area contributed by atoms with Crippen molar-refractivity contribution in [2.75, 3.05) is 24.7 Å². The zero-order valence-corrected chi connectivity index (χ0v) is 12.9. The highest BCUT2D eigenvalue weighted by Crippen LogP contribution is 2.23. The van der Waals surface area contributed by atoms with E-state index in [1.807, 2.05) is 11.8 Å². The average molecular weight is 329 g/mol. The van der Waals surface area contributed by atoms with Crippen LogP contribution in [0.1, 0.15) is 12.0 Å². The maximum atomic E-state index is 13.8. The maximum Gasteiger partial charge on any atom is 0.240 e. The zero-order valence-electron chi connectivity index (χ0n) is 11.3. The summed E-state index contributed by atoms with van der Waals surface area (Å²) in [5.41, 5.74) is 0.0650. The molecule has 1 atom stereocenters. The number of aliphatic hydroxyl groups is 1. The number of aliphatic hydroxyl groups excluding tert-OH is 1. The van der Waals surface area contributed by atoms with Crippen molar-refractivity contribution in [3.8, 4) is 11.8 Å². The van der Waals surface area contributed by atoms with E-state index in [1.165, 1.54) is 12.1 Å². The molecule has 7 heteroatoms. The van der Waals surface area contributed by atoms with Gasteiger partial charge in [0.05, 0.1) is 10.5 Å². The van der Waals surface area contributed by atoms with Gasteiger partial charge in [-0.15, -0.1) is 0 Å². The molecule has 0 aliphatic carbocycles. The van der Waals surface area contributed by atoms with Gasteiger partial charge in [-0.05, 0) is 42.0 Å². The van der Waals surface area contributed by atoms with E-state index in [0.29, 0.717) is 12.5 Å². The molecule has 0 radical (unpaired) electrons. The molecule has 1 fully saturated rings. The van der Waals surface area contributed by atoms with E-state index in [1.54, 1.807) is 0 Å². The topological polar surface area (TPSA) is 66.4 Å². The lowest BCUT2D eigenvalue weighted by Crippen LogP contribution is -2.29. The molecule has 114 valence electrons. The van der Waals surface area contributed by atoms with Gasteiger partial charge in [0.2, 0.25) is 10.0 Å². The second-order valence-corrected chi connectivity index (χ2v) is 7.60. The fraction of sp³-hybridized carbons (Fsp3) is 0.429. The molecule has 2 rings (SSSR count). The molecule has 1 aromatic rings. The van der Waals surface area contributed by atoms with Gasteiger partial charge in [-0.25, -0.2) is 17.5 Å². The molecule has 1 aliphatic heterocycles. The Morgan fingerprint density at radius 3 is 2.90 bits per heavy atom. The van der Waals surface area contributed by atoms with Crippen LogP contribution in [-0.4, -0.2) is 38.2 Å². The smallest absolute Gasteiger partial charge is 0.240 e. The molecule has 2 N–H and O–H groups in total. The van der Waals surface area contributed by atoms with Crippen LogP contribution in [0.15, 0.2) is 23.1 Å². The maximum absolute atomic E-state index is 13.8. The first kappa shape index (κ1) is 16.3. The predicted octanol–water partition coefficient (Wildman–Crippen LogP) is 1.20. The lowest BCUT2D eigenvalue weighted by Gasteiger charge is -2.11. The lowest BCUT2D eigenvalue weighted by atomic mass is 10.1. The van der Waals surface area contributed by atoms with E-state index in [-0.39, 0.29) is 17.1 Å². The standard InChI is InChI=1S/C14H16FNO3S2/c15-14-8-13(4-3-12(14)2-1-6-17)21(18,19)16-9-11-5-7-20-10-11/h3-4,8,11,16-17H,5-7,9-10H2. The summed E-state index contributed by atoms with van der Waals surface area (Å²) < 4.78 is 40.5. The van der Waals surface area contributed by atoms with E-state index < -0.39 is 15.8 Å². The zero-order chi connectivity index (χ0) is 15.3. The molecule has 1 heterocycles. The summed E-state index contributed by atoms with van der Waals surface area (Å²) in [6.07, 6.45) is 0.997. The highest BCUT2D eigenvalue weighted by atomic mass is 32.2. The van der Waals surface area contributed by atoms with Crippen LogP contribution in [0, 0.1) is 23.6 Å². The van der Waals surface area contributed by atoms with Crippen LogP contribution in [0.3, 0.4) is 0 Å². The number of hydrogen-bond donors (Lipinski definition) is 2. The van der Waals surface area contributed by atoms with E-state index in [2.05, 4.69) is 16.6 Å². The largest absolute Gasteiger partial charge is 0.384 e. The Labute approximate surface area is 128 Å². The molecule has 0 spiro atoms. The second-order valence-electron chi connectivity index (χ2n) is 4.68. The summed E-state index contributed by atoms with van der Waals surface area (Å²) in [6.45, 7) is 0.00344. The quantitative estimate of drug-likeness (QED) is 0.815. The number of nitrogens with one attached hydrogen (secondary N) is 1. The highest BCUT2D eigenvalue weighted by molar-refractivity contribution is 7.99. The van der Waals surface area contributed by atoms with Gasteiger partial charge in [0.1, 0.15) is 12.4 Å². The van der Waals surface area contributed by atoms with Gasteiger partial charge in [0.15, 0.2) is 0 Å². The fourth-order valence-corrected chi connectivity index (χ4v) is 4.37. The first-order valence-corrected chi connectivity index (χ1v) is 9.13. The number of hydrogen-bond acceptors (Lipinski definition) is 4. The fourth-order valence-electron chi connectivity index (χ4n) is 1.95. The average Bonchev–Trinajstić information content (AvgIpc) is 2.97. The van der Waals surface area contributed by atoms with E-state index >= 15 is 0 Å². The van der Waals surface area contributed by atoms with Crippen molar-refractivity contribution in [3.63, 3.8) is 0 Å². The molecule has 21 heavy (non-hydrogen) atoms. The molecular formula is C14H16FNO3S2. The van der Waals surface area contributed by atoms with Crippen molar-refractivity contribution >= 4 is 21.8 Å². The van der Waals surface area contributed by atoms with Crippen molar-refractivity contribution in [1.82, 2.24) is 4.72 Å². The molecule has 0 bridgehead atoms. The number of benzene rings is 1. The lowest BCUT2D eigenvalue weighted by molar-refractivity contribution is 0.350. The highest BCUT2D eigenvalue weighted by Gasteiger charge is 2.20. The van der Waals surface area contributed by atoms with Crippen LogP contribution in [0.25, 0.3) is 0 Å². The van der Waals surface area contributed by atoms with Crippen molar-refractivity contribution < 1.29 is 17.9 Å². The normalized spacial score (nSPS) is 18.3. The Hall–Kier alpha value is -1.07. The minimum absolute atomic E-state index is 0.0650. The summed E-state index contributed by atoms with van der Waals surface area (Å²) in [5.74, 6) is 6.38. The predicted molar refractivity (Wildman–Crippen MR) is 81.0 cm³/mol. The molecule has 1 saturated heterocycles. The molecule has 0 saturated carbocycles. The van der Waals surface area contributed by atoms with Gasteiger partial charge < -0.3 is 5.11 Å². The van der Waals surface area contributed by atoms with Crippen LogP contribution in [0.4, 0.5) is 4.39 Å². The molecule has 4 nitrogen and oxygen atoms in total. The summed E-state index contributed by atoms with van der Waals surface area (Å²) in [5, 5.41) is 8.57. The van der Waals surface area contributed by atoms with Crippen molar-refractivity contribution in [3.05, 3.63) is 29.6 Å². The molecular weight excluding hydrogens is 313 g/mol. The minimum Gasteiger partial charge on any atom is -0.384 e. The summed E-state index contributed by atoms with van der Waals surface area (Å²) >= 11 is 1.81. The molecule has 1 aromatic carbocycles. The van der Waals surface area contributed by atoms with Crippen LogP contribution in [0.5, 0.6) is 0 Å². The van der Waals surface area contributed by atoms with Crippen LogP contribution >= 0.6 is 11.8 Å². The van der Waals surface area contributed by atoms with Crippen molar-refractivity contribution in [2.24, 2.45) is 5.92 Å². The van der Waals surface area contributed by atoms with Gasteiger partial charge in [-0.2, -0.15) is 11.8 Å². The third-order valence-corrected chi connectivity index (χ3v) is 5.79. The Morgan fingerprint density at radius 1 is 1.48 bits per heavy atom. The summed E-state index contributed by atoms with van der Waals surface area (Å²) in [4.78, 5) is -0.111. The Kier molecular flexibility index (Phi) is 5.65. The first-order chi connectivity index (χ1) is 10.0. The number of halogens is 1. The van der Waals surface area contributed by atoms with E-state index in [9.17, 15) is 12.8 Å². The number of sulfonamides is 1. The Balaban J connectivity index is 2.10. The van der Waals surface area contributed by atoms with Crippen molar-refractivity contribution in [2.45, 2.75) is 11.3 Å². The van der Waals surface area contributed by atoms with Gasteiger partial charge in [0.25, 0.3) is 0 Å². The Bertz CT molecular complexity index is 659. The molecule has 1 unspecified atom stereocenters. The SMILES string of the molecule is O=S(=O)(NCC1CCSC1)c1ccc(C#CCO)c(F)c1. The van der Waals surface area contributed by atoms with Crippen LogP contribution < -0.4 is 4.72 Å². The van der Waals surface area contributed by atoms with E-state index in [0.717, 1.165) is 24.0 Å². The molecule has 0 aromatic heterocycles. The van der Waals surface area contributed by atoms with Gasteiger partial charge in [-0.3, -0.25) is 0 Å². The molecule has 0 amide bonds. The summed E-state index contributed by atoms with van der Waals surface area (Å²) in [7, 11) is -3.70. The van der Waals surface area contributed by atoms with E-state index in [4.69, 9.17) is 5.11 Å². The van der Waals surface area contributed by atoms with Gasteiger partial charge in [-0.1, -0.05) is 11.8 Å². The Morgan fingerprint density at radius 2 is 2.29 bits per heavy atom.